The molecule has 2 aromatic rings. The minimum Gasteiger partial charge on any atom is -0.351 e. The van der Waals surface area contributed by atoms with Crippen LogP contribution in [0.15, 0.2) is 54.6 Å². The first-order valence-electron chi connectivity index (χ1n) is 8.40. The molecule has 2 atom stereocenters. The molecule has 4 N–H and O–H groups in total. The molecule has 0 aliphatic rings. The summed E-state index contributed by atoms with van der Waals surface area (Å²) in [5.74, 6) is -0.0157. The molecule has 0 unspecified atom stereocenters. The van der Waals surface area contributed by atoms with Gasteiger partial charge in [0, 0.05) is 19.1 Å². The highest BCUT2D eigenvalue weighted by Gasteiger charge is 2.13. The van der Waals surface area contributed by atoms with Gasteiger partial charge in [-0.3, -0.25) is 4.79 Å². The molecule has 0 spiro atoms. The van der Waals surface area contributed by atoms with Crippen molar-refractivity contribution >= 4 is 5.91 Å². The molecule has 24 heavy (non-hydrogen) atoms. The van der Waals surface area contributed by atoms with E-state index < -0.39 is 0 Å². The van der Waals surface area contributed by atoms with Crippen LogP contribution in [0.5, 0.6) is 0 Å². The van der Waals surface area contributed by atoms with E-state index in [0.717, 1.165) is 18.4 Å². The molecule has 2 aromatic carbocycles. The number of hydrogen-bond donors (Lipinski definition) is 3. The van der Waals surface area contributed by atoms with Gasteiger partial charge in [0.25, 0.3) is 0 Å². The maximum absolute atomic E-state index is 12.1. The molecule has 0 saturated heterocycles. The highest BCUT2D eigenvalue weighted by atomic mass is 16.2. The number of rotatable bonds is 9. The normalized spacial score (nSPS) is 13.2. The Morgan fingerprint density at radius 2 is 1.83 bits per heavy atom. The molecule has 0 saturated carbocycles. The molecular formula is C20H26N3O. The molecular weight excluding hydrogens is 298 g/mol. The van der Waals surface area contributed by atoms with E-state index in [1.165, 1.54) is 5.56 Å². The number of nitrogens with one attached hydrogen (secondary N) is 2. The number of carbonyl (C=O) groups excluding carboxylic acids is 1. The first kappa shape index (κ1) is 18.2. The highest BCUT2D eigenvalue weighted by molar-refractivity contribution is 5.81. The Kier molecular flexibility index (Phi) is 7.46. The van der Waals surface area contributed by atoms with Crippen LogP contribution in [0.2, 0.25) is 0 Å². The summed E-state index contributed by atoms with van der Waals surface area (Å²) >= 11 is 0. The lowest BCUT2D eigenvalue weighted by molar-refractivity contribution is -0.122. The van der Waals surface area contributed by atoms with Crippen molar-refractivity contribution in [1.29, 1.82) is 0 Å². The van der Waals surface area contributed by atoms with Crippen molar-refractivity contribution in [2.45, 2.75) is 38.4 Å². The van der Waals surface area contributed by atoms with Crippen molar-refractivity contribution < 1.29 is 4.79 Å². The Balaban J connectivity index is 1.64. The molecule has 0 fully saturated rings. The van der Waals surface area contributed by atoms with Crippen molar-refractivity contribution in [3.8, 4) is 0 Å². The molecule has 2 rings (SSSR count). The number of amides is 1. The molecule has 0 aromatic heterocycles. The topological polar surface area (TPSA) is 67.1 Å². The van der Waals surface area contributed by atoms with Gasteiger partial charge in [0.05, 0.1) is 6.04 Å². The first-order valence-corrected chi connectivity index (χ1v) is 8.40. The van der Waals surface area contributed by atoms with E-state index in [0.29, 0.717) is 13.1 Å². The van der Waals surface area contributed by atoms with E-state index in [-0.39, 0.29) is 18.0 Å². The lowest BCUT2D eigenvalue weighted by Gasteiger charge is -2.17. The van der Waals surface area contributed by atoms with Gasteiger partial charge >= 0.3 is 0 Å². The lowest BCUT2D eigenvalue weighted by atomic mass is 10.1. The third-order valence-corrected chi connectivity index (χ3v) is 3.98. The number of aryl methyl sites for hydroxylation is 1. The zero-order valence-electron chi connectivity index (χ0n) is 14.2. The van der Waals surface area contributed by atoms with E-state index in [9.17, 15) is 4.79 Å². The van der Waals surface area contributed by atoms with Crippen LogP contribution < -0.4 is 16.4 Å². The van der Waals surface area contributed by atoms with Crippen molar-refractivity contribution in [1.82, 2.24) is 10.6 Å². The lowest BCUT2D eigenvalue weighted by Crippen LogP contribution is -2.46. The number of nitrogens with two attached hydrogens (primary N) is 1. The van der Waals surface area contributed by atoms with Gasteiger partial charge in [0.1, 0.15) is 0 Å². The summed E-state index contributed by atoms with van der Waals surface area (Å²) in [6.45, 7) is 3.01. The zero-order chi connectivity index (χ0) is 17.2. The Morgan fingerprint density at radius 3 is 2.54 bits per heavy atom. The van der Waals surface area contributed by atoms with Gasteiger partial charge in [-0.15, -0.1) is 0 Å². The summed E-state index contributed by atoms with van der Waals surface area (Å²) in [5, 5.41) is 6.14. The van der Waals surface area contributed by atoms with Crippen LogP contribution in [0, 0.1) is 6.07 Å². The molecule has 4 heteroatoms. The minimum atomic E-state index is -0.261. The highest BCUT2D eigenvalue weighted by Crippen LogP contribution is 2.04. The van der Waals surface area contributed by atoms with Crippen molar-refractivity contribution in [3.05, 3.63) is 71.8 Å². The fourth-order valence-electron chi connectivity index (χ4n) is 2.40. The van der Waals surface area contributed by atoms with Crippen molar-refractivity contribution in [3.63, 3.8) is 0 Å². The fourth-order valence-corrected chi connectivity index (χ4v) is 2.40. The molecule has 1 amide bonds. The third kappa shape index (κ3) is 6.52. The maximum Gasteiger partial charge on any atom is 0.237 e. The summed E-state index contributed by atoms with van der Waals surface area (Å²) in [7, 11) is 0. The summed E-state index contributed by atoms with van der Waals surface area (Å²) in [4.78, 5) is 12.1. The first-order chi connectivity index (χ1) is 11.6. The quantitative estimate of drug-likeness (QED) is 0.661. The van der Waals surface area contributed by atoms with Crippen LogP contribution in [0.4, 0.5) is 0 Å². The van der Waals surface area contributed by atoms with Crippen LogP contribution in [-0.4, -0.2) is 24.5 Å². The largest absolute Gasteiger partial charge is 0.351 e. The second-order valence-corrected chi connectivity index (χ2v) is 6.04. The zero-order valence-corrected chi connectivity index (χ0v) is 14.2. The average molecular weight is 324 g/mol. The Bertz CT molecular complexity index is 601. The smallest absolute Gasteiger partial charge is 0.237 e. The summed E-state index contributed by atoms with van der Waals surface area (Å²) in [5.41, 5.74) is 8.49. The van der Waals surface area contributed by atoms with E-state index >= 15 is 0 Å². The molecule has 0 aliphatic carbocycles. The number of carbonyl (C=O) groups is 1. The van der Waals surface area contributed by atoms with E-state index in [2.05, 4.69) is 28.8 Å². The van der Waals surface area contributed by atoms with Gasteiger partial charge in [-0.2, -0.15) is 0 Å². The average Bonchev–Trinajstić information content (AvgIpc) is 2.64. The van der Waals surface area contributed by atoms with Crippen LogP contribution >= 0.6 is 0 Å². The second kappa shape index (κ2) is 9.85. The van der Waals surface area contributed by atoms with Gasteiger partial charge in [-0.05, 0) is 37.0 Å². The Hall–Kier alpha value is -2.17. The number of hydrogen-bond acceptors (Lipinski definition) is 3. The Morgan fingerprint density at radius 1 is 1.12 bits per heavy atom. The van der Waals surface area contributed by atoms with Gasteiger partial charge in [-0.1, -0.05) is 54.6 Å². The summed E-state index contributed by atoms with van der Waals surface area (Å²) in [6.07, 6.45) is 1.85. The molecule has 0 heterocycles. The molecule has 1 radical (unpaired) electrons. The summed E-state index contributed by atoms with van der Waals surface area (Å²) in [6, 6.07) is 20.6. The van der Waals surface area contributed by atoms with Crippen molar-refractivity contribution in [2.24, 2.45) is 5.73 Å². The molecule has 0 aliphatic heterocycles. The predicted molar refractivity (Wildman–Crippen MR) is 97.3 cm³/mol. The summed E-state index contributed by atoms with van der Waals surface area (Å²) < 4.78 is 0. The molecule has 127 valence electrons. The molecule has 0 bridgehead atoms. The maximum atomic E-state index is 12.1. The van der Waals surface area contributed by atoms with Gasteiger partial charge in [-0.25, -0.2) is 0 Å². The Labute approximate surface area is 144 Å². The predicted octanol–water partition coefficient (Wildman–Crippen LogP) is 2.04. The van der Waals surface area contributed by atoms with E-state index in [1.807, 2.05) is 49.4 Å². The van der Waals surface area contributed by atoms with Gasteiger partial charge < -0.3 is 16.4 Å². The van der Waals surface area contributed by atoms with Crippen LogP contribution in [0.1, 0.15) is 24.5 Å². The minimum absolute atomic E-state index is 0.0157. The van der Waals surface area contributed by atoms with Crippen LogP contribution in [-0.2, 0) is 17.8 Å². The van der Waals surface area contributed by atoms with Gasteiger partial charge in [0.15, 0.2) is 0 Å². The standard InChI is InChI=1S/C20H26N3O/c1-16(20(24)23-14-18-10-6-3-7-11-18)22-15-19(21)13-12-17-8-4-2-5-9-17/h2,4-11,16,19,22H,12-15,21H2,1H3,(H,23,24)/t16-,19+/m0/s1. The van der Waals surface area contributed by atoms with Crippen LogP contribution in [0.3, 0.4) is 0 Å². The SMILES string of the molecule is C[C@H](NC[C@H](N)CCc1ccccc1)C(=O)NCc1cc[c]cc1. The van der Waals surface area contributed by atoms with Crippen molar-refractivity contribution in [2.75, 3.05) is 6.54 Å². The molecule has 4 nitrogen and oxygen atoms in total. The number of benzene rings is 2. The monoisotopic (exact) mass is 324 g/mol. The van der Waals surface area contributed by atoms with E-state index in [1.54, 1.807) is 0 Å². The second-order valence-electron chi connectivity index (χ2n) is 6.04. The third-order valence-electron chi connectivity index (χ3n) is 3.98. The van der Waals surface area contributed by atoms with Crippen LogP contribution in [0.25, 0.3) is 0 Å². The fraction of sp³-hybridized carbons (Fsp3) is 0.350. The van der Waals surface area contributed by atoms with Gasteiger partial charge in [0.2, 0.25) is 5.91 Å². The van der Waals surface area contributed by atoms with E-state index in [4.69, 9.17) is 5.73 Å².